The van der Waals surface area contributed by atoms with Gasteiger partial charge in [-0.15, -0.1) is 0 Å². The fourth-order valence-electron chi connectivity index (χ4n) is 3.10. The molecule has 1 aromatic carbocycles. The summed E-state index contributed by atoms with van der Waals surface area (Å²) in [5, 5.41) is 13.4. The maximum absolute atomic E-state index is 12.5. The fraction of sp³-hybridized carbons (Fsp3) is 0.300. The van der Waals surface area contributed by atoms with Crippen LogP contribution in [0.2, 0.25) is 0 Å². The van der Waals surface area contributed by atoms with Gasteiger partial charge < -0.3 is 4.74 Å². The van der Waals surface area contributed by atoms with Crippen LogP contribution in [-0.2, 0) is 11.2 Å². The first-order chi connectivity index (χ1) is 12.3. The quantitative estimate of drug-likeness (QED) is 0.796. The second-order valence-corrected chi connectivity index (χ2v) is 6.87. The Kier molecular flexibility index (Phi) is 4.47. The number of carbonyl (C=O) groups is 1. The number of allylic oxidation sites excluding steroid dienone is 1. The Bertz CT molecular complexity index is 1010. The molecule has 0 amide bonds. The Morgan fingerprint density at radius 3 is 2.81 bits per heavy atom. The minimum absolute atomic E-state index is 0.0636. The predicted octanol–water partition coefficient (Wildman–Crippen LogP) is 2.76. The summed E-state index contributed by atoms with van der Waals surface area (Å²) >= 11 is 0. The topological polar surface area (TPSA) is 85.0 Å². The largest absolute Gasteiger partial charge is 0.461 e. The van der Waals surface area contributed by atoms with Crippen LogP contribution in [0.25, 0.3) is 5.70 Å². The van der Waals surface area contributed by atoms with Crippen LogP contribution in [-0.4, -0.2) is 22.4 Å². The summed E-state index contributed by atoms with van der Waals surface area (Å²) in [6, 6.07) is 10.2. The van der Waals surface area contributed by atoms with Gasteiger partial charge in [-0.2, -0.15) is 15.0 Å². The molecule has 0 unspecified atom stereocenters. The Morgan fingerprint density at radius 1 is 1.35 bits per heavy atom. The molecular formula is C20H19N3O3. The van der Waals surface area contributed by atoms with Gasteiger partial charge in [0.15, 0.2) is 5.69 Å². The van der Waals surface area contributed by atoms with E-state index in [1.54, 1.807) is 19.1 Å². The summed E-state index contributed by atoms with van der Waals surface area (Å²) in [5.41, 5.74) is 2.40. The van der Waals surface area contributed by atoms with Crippen LogP contribution in [0.3, 0.4) is 0 Å². The summed E-state index contributed by atoms with van der Waals surface area (Å²) in [6.45, 7) is 6.06. The number of esters is 1. The van der Waals surface area contributed by atoms with Crippen LogP contribution < -0.4 is 5.56 Å². The third kappa shape index (κ3) is 3.29. The standard InChI is InChI=1S/C20H19N3O3/c1-4-26-19(25)16-7-8-18(24)23(22-16)17-11-20(2,3)10-14-6-5-13(12-21)9-15(14)17/h5-9,11H,4,10H2,1-3H3. The van der Waals surface area contributed by atoms with Crippen molar-refractivity contribution in [3.05, 3.63) is 69.1 Å². The van der Waals surface area contributed by atoms with Crippen molar-refractivity contribution in [3.63, 3.8) is 0 Å². The van der Waals surface area contributed by atoms with Crippen molar-refractivity contribution in [2.24, 2.45) is 5.41 Å². The molecule has 0 radical (unpaired) electrons. The van der Waals surface area contributed by atoms with Crippen molar-refractivity contribution in [2.45, 2.75) is 27.2 Å². The molecule has 0 saturated carbocycles. The van der Waals surface area contributed by atoms with Gasteiger partial charge in [-0.3, -0.25) is 4.79 Å². The molecule has 1 aliphatic carbocycles. The van der Waals surface area contributed by atoms with Crippen molar-refractivity contribution in [2.75, 3.05) is 6.61 Å². The van der Waals surface area contributed by atoms with Gasteiger partial charge in [-0.25, -0.2) is 4.79 Å². The second-order valence-electron chi connectivity index (χ2n) is 6.87. The average molecular weight is 349 g/mol. The van der Waals surface area contributed by atoms with E-state index in [-0.39, 0.29) is 23.3 Å². The van der Waals surface area contributed by atoms with E-state index in [2.05, 4.69) is 25.0 Å². The molecule has 3 rings (SSSR count). The Balaban J connectivity index is 2.21. The van der Waals surface area contributed by atoms with Crippen molar-refractivity contribution in [1.29, 1.82) is 5.26 Å². The van der Waals surface area contributed by atoms with Crippen LogP contribution in [0.4, 0.5) is 0 Å². The molecule has 1 heterocycles. The van der Waals surface area contributed by atoms with Crippen molar-refractivity contribution in [3.8, 4) is 6.07 Å². The molecule has 0 bridgehead atoms. The SMILES string of the molecule is CCOC(=O)c1ccc(=O)n(C2=CC(C)(C)Cc3ccc(C#N)cc32)n1. The minimum atomic E-state index is -0.581. The zero-order valence-electron chi connectivity index (χ0n) is 14.9. The first-order valence-corrected chi connectivity index (χ1v) is 8.39. The van der Waals surface area contributed by atoms with E-state index in [1.165, 1.54) is 16.8 Å². The highest BCUT2D eigenvalue weighted by molar-refractivity contribution is 5.87. The monoisotopic (exact) mass is 349 g/mol. The van der Waals surface area contributed by atoms with Gasteiger partial charge in [0.2, 0.25) is 0 Å². The number of hydrogen-bond donors (Lipinski definition) is 0. The maximum Gasteiger partial charge on any atom is 0.358 e. The molecule has 2 aromatic rings. The summed E-state index contributed by atoms with van der Waals surface area (Å²) in [4.78, 5) is 24.5. The number of ether oxygens (including phenoxy) is 1. The van der Waals surface area contributed by atoms with Crippen LogP contribution in [0, 0.1) is 16.7 Å². The number of fused-ring (bicyclic) bond motifs is 1. The van der Waals surface area contributed by atoms with Gasteiger partial charge in [0.1, 0.15) is 0 Å². The molecule has 1 aliphatic rings. The first kappa shape index (κ1) is 17.6. The number of nitrogens with zero attached hydrogens (tertiary/aromatic N) is 3. The summed E-state index contributed by atoms with van der Waals surface area (Å²) in [7, 11) is 0. The number of rotatable bonds is 3. The van der Waals surface area contributed by atoms with Gasteiger partial charge in [0.25, 0.3) is 5.56 Å². The van der Waals surface area contributed by atoms with Crippen molar-refractivity contribution >= 4 is 11.7 Å². The van der Waals surface area contributed by atoms with Crippen molar-refractivity contribution in [1.82, 2.24) is 9.78 Å². The molecule has 26 heavy (non-hydrogen) atoms. The molecule has 132 valence electrons. The molecule has 0 aliphatic heterocycles. The molecule has 0 spiro atoms. The van der Waals surface area contributed by atoms with Gasteiger partial charge in [-0.1, -0.05) is 26.0 Å². The van der Waals surface area contributed by atoms with Gasteiger partial charge in [0.05, 0.1) is 23.9 Å². The summed E-state index contributed by atoms with van der Waals surface area (Å²) in [6.07, 6.45) is 2.74. The molecule has 0 atom stereocenters. The Hall–Kier alpha value is -3.20. The zero-order chi connectivity index (χ0) is 18.9. The fourth-order valence-corrected chi connectivity index (χ4v) is 3.10. The van der Waals surface area contributed by atoms with Crippen LogP contribution in [0.15, 0.2) is 41.2 Å². The summed E-state index contributed by atoms with van der Waals surface area (Å²) in [5.74, 6) is -0.581. The van der Waals surface area contributed by atoms with Crippen LogP contribution >= 0.6 is 0 Å². The predicted molar refractivity (Wildman–Crippen MR) is 96.5 cm³/mol. The number of hydrogen-bond acceptors (Lipinski definition) is 5. The number of aromatic nitrogens is 2. The first-order valence-electron chi connectivity index (χ1n) is 8.39. The third-order valence-corrected chi connectivity index (χ3v) is 4.20. The van der Waals surface area contributed by atoms with E-state index in [4.69, 9.17) is 4.74 Å². The third-order valence-electron chi connectivity index (χ3n) is 4.20. The smallest absolute Gasteiger partial charge is 0.358 e. The Labute approximate surface area is 151 Å². The second kappa shape index (κ2) is 6.60. The molecule has 6 nitrogen and oxygen atoms in total. The Morgan fingerprint density at radius 2 is 2.12 bits per heavy atom. The summed E-state index contributed by atoms with van der Waals surface area (Å²) < 4.78 is 6.19. The molecule has 1 aromatic heterocycles. The molecular weight excluding hydrogens is 330 g/mol. The number of carbonyl (C=O) groups excluding carboxylic acids is 1. The minimum Gasteiger partial charge on any atom is -0.461 e. The van der Waals surface area contributed by atoms with E-state index in [1.807, 2.05) is 12.1 Å². The van der Waals surface area contributed by atoms with Crippen LogP contribution in [0.1, 0.15) is 48.0 Å². The lowest BCUT2D eigenvalue weighted by molar-refractivity contribution is 0.0517. The lowest BCUT2D eigenvalue weighted by Crippen LogP contribution is -2.29. The highest BCUT2D eigenvalue weighted by atomic mass is 16.5. The van der Waals surface area contributed by atoms with E-state index >= 15 is 0 Å². The molecule has 6 heteroatoms. The van der Waals surface area contributed by atoms with E-state index in [9.17, 15) is 14.9 Å². The normalized spacial score (nSPS) is 14.8. The molecule has 0 fully saturated rings. The number of nitriles is 1. The maximum atomic E-state index is 12.5. The van der Waals surface area contributed by atoms with E-state index in [0.717, 1.165) is 17.5 Å². The van der Waals surface area contributed by atoms with Gasteiger partial charge >= 0.3 is 5.97 Å². The van der Waals surface area contributed by atoms with Crippen LogP contribution in [0.5, 0.6) is 0 Å². The number of benzene rings is 1. The van der Waals surface area contributed by atoms with E-state index in [0.29, 0.717) is 11.3 Å². The zero-order valence-corrected chi connectivity index (χ0v) is 14.9. The van der Waals surface area contributed by atoms with E-state index < -0.39 is 5.97 Å². The van der Waals surface area contributed by atoms with Crippen molar-refractivity contribution < 1.29 is 9.53 Å². The molecule has 0 saturated heterocycles. The average Bonchev–Trinajstić information content (AvgIpc) is 2.60. The highest BCUT2D eigenvalue weighted by Gasteiger charge is 2.27. The van der Waals surface area contributed by atoms with Gasteiger partial charge in [-0.05, 0) is 42.5 Å². The highest BCUT2D eigenvalue weighted by Crippen LogP contribution is 2.36. The molecule has 0 N–H and O–H groups in total. The lowest BCUT2D eigenvalue weighted by atomic mass is 9.77. The lowest BCUT2D eigenvalue weighted by Gasteiger charge is -2.30. The van der Waals surface area contributed by atoms with Gasteiger partial charge in [0, 0.05) is 11.6 Å².